The lowest BCUT2D eigenvalue weighted by atomic mass is 10.1. The first-order chi connectivity index (χ1) is 9.16. The molecule has 0 aromatic rings. The van der Waals surface area contributed by atoms with Crippen LogP contribution in [0.3, 0.4) is 0 Å². The summed E-state index contributed by atoms with van der Waals surface area (Å²) < 4.78 is 4.83. The average molecular weight is 271 g/mol. The third-order valence-electron chi connectivity index (χ3n) is 3.68. The number of carbonyl (C=O) groups excluding carboxylic acids is 1. The number of carbonyl (C=O) groups is 2. The Morgan fingerprint density at radius 2 is 2.16 bits per heavy atom. The maximum Gasteiger partial charge on any atom is 0.329 e. The quantitative estimate of drug-likeness (QED) is 0.573. The fourth-order valence-corrected chi connectivity index (χ4v) is 2.87. The molecule has 0 radical (unpaired) electrons. The van der Waals surface area contributed by atoms with Gasteiger partial charge in [-0.25, -0.2) is 9.59 Å². The van der Waals surface area contributed by atoms with Gasteiger partial charge in [0.05, 0.1) is 6.61 Å². The summed E-state index contributed by atoms with van der Waals surface area (Å²) in [5.41, 5.74) is 0. The molecule has 2 aliphatic heterocycles. The fraction of sp³-hybridized carbons (Fsp3) is 0.833. The van der Waals surface area contributed by atoms with Crippen molar-refractivity contribution < 1.29 is 19.4 Å². The number of hydrogen-bond acceptors (Lipinski definition) is 4. The van der Waals surface area contributed by atoms with E-state index in [1.807, 2.05) is 0 Å². The number of carboxylic acids is 1. The van der Waals surface area contributed by atoms with Crippen LogP contribution < -0.4 is 10.6 Å². The van der Waals surface area contributed by atoms with E-state index in [4.69, 9.17) is 9.84 Å². The van der Waals surface area contributed by atoms with Gasteiger partial charge in [-0.3, -0.25) is 4.90 Å². The molecular weight excluding hydrogens is 250 g/mol. The maximum atomic E-state index is 11.7. The number of ether oxygens (including phenoxy) is 1. The van der Waals surface area contributed by atoms with Crippen molar-refractivity contribution in [2.45, 2.75) is 31.3 Å². The summed E-state index contributed by atoms with van der Waals surface area (Å²) in [6, 6.07) is 0.536. The summed E-state index contributed by atoms with van der Waals surface area (Å²) in [5.74, 6) is -1.00. The molecule has 0 bridgehead atoms. The molecular formula is C12H21N3O4. The van der Waals surface area contributed by atoms with Crippen LogP contribution in [0.1, 0.15) is 19.3 Å². The second-order valence-corrected chi connectivity index (χ2v) is 4.99. The molecule has 2 atom stereocenters. The maximum absolute atomic E-state index is 11.7. The van der Waals surface area contributed by atoms with Crippen LogP contribution in [-0.2, 0) is 9.53 Å². The van der Waals surface area contributed by atoms with E-state index in [-0.39, 0.29) is 25.3 Å². The summed E-state index contributed by atoms with van der Waals surface area (Å²) >= 11 is 0. The summed E-state index contributed by atoms with van der Waals surface area (Å²) in [4.78, 5) is 24.3. The largest absolute Gasteiger partial charge is 0.480 e. The van der Waals surface area contributed by atoms with Gasteiger partial charge < -0.3 is 20.5 Å². The van der Waals surface area contributed by atoms with Crippen LogP contribution in [0.2, 0.25) is 0 Å². The van der Waals surface area contributed by atoms with Gasteiger partial charge in [0.25, 0.3) is 0 Å². The molecule has 108 valence electrons. The Hall–Kier alpha value is -1.34. The number of aliphatic carboxylic acids is 1. The zero-order chi connectivity index (χ0) is 13.7. The van der Waals surface area contributed by atoms with Crippen LogP contribution in [0, 0.1) is 0 Å². The summed E-state index contributed by atoms with van der Waals surface area (Å²) in [6.45, 7) is 2.41. The van der Waals surface area contributed by atoms with Gasteiger partial charge in [-0.15, -0.1) is 0 Å². The number of urea groups is 1. The van der Waals surface area contributed by atoms with Crippen LogP contribution in [-0.4, -0.2) is 66.9 Å². The Balaban J connectivity index is 1.58. The Morgan fingerprint density at radius 1 is 1.32 bits per heavy atom. The molecule has 2 fully saturated rings. The van der Waals surface area contributed by atoms with E-state index in [9.17, 15) is 9.59 Å². The molecule has 19 heavy (non-hydrogen) atoms. The smallest absolute Gasteiger partial charge is 0.329 e. The van der Waals surface area contributed by atoms with Gasteiger partial charge in [0.15, 0.2) is 0 Å². The van der Waals surface area contributed by atoms with Crippen LogP contribution in [0.15, 0.2) is 0 Å². The molecule has 2 amide bonds. The van der Waals surface area contributed by atoms with Gasteiger partial charge in [0.2, 0.25) is 0 Å². The minimum absolute atomic E-state index is 0.197. The van der Waals surface area contributed by atoms with Crippen molar-refractivity contribution in [2.24, 2.45) is 0 Å². The van der Waals surface area contributed by atoms with E-state index >= 15 is 0 Å². The Kier molecular flexibility index (Phi) is 4.98. The van der Waals surface area contributed by atoms with E-state index in [0.29, 0.717) is 12.6 Å². The number of rotatable bonds is 6. The third-order valence-corrected chi connectivity index (χ3v) is 3.68. The Labute approximate surface area is 112 Å². The van der Waals surface area contributed by atoms with Crippen molar-refractivity contribution in [3.63, 3.8) is 0 Å². The normalized spacial score (nSPS) is 26.1. The van der Waals surface area contributed by atoms with Gasteiger partial charge in [-0.2, -0.15) is 0 Å². The first-order valence-electron chi connectivity index (χ1n) is 6.75. The van der Waals surface area contributed by atoms with Crippen molar-refractivity contribution in [1.82, 2.24) is 15.5 Å². The number of carboxylic acid groups (broad SMARTS) is 1. The van der Waals surface area contributed by atoms with Gasteiger partial charge >= 0.3 is 12.0 Å². The molecule has 2 aliphatic rings. The molecule has 2 unspecified atom stereocenters. The van der Waals surface area contributed by atoms with E-state index in [2.05, 4.69) is 15.5 Å². The van der Waals surface area contributed by atoms with Gasteiger partial charge in [0, 0.05) is 25.2 Å². The fourth-order valence-electron chi connectivity index (χ4n) is 2.87. The second kappa shape index (κ2) is 6.72. The highest BCUT2D eigenvalue weighted by Crippen LogP contribution is 2.27. The minimum atomic E-state index is -1.00. The summed E-state index contributed by atoms with van der Waals surface area (Å²) in [6.07, 6.45) is 3.38. The van der Waals surface area contributed by atoms with Gasteiger partial charge in [-0.05, 0) is 25.8 Å². The first kappa shape index (κ1) is 14.1. The van der Waals surface area contributed by atoms with E-state index in [1.54, 1.807) is 0 Å². The molecule has 2 heterocycles. The molecule has 7 heteroatoms. The number of nitrogens with one attached hydrogen (secondary N) is 2. The number of nitrogens with zero attached hydrogens (tertiary/aromatic N) is 1. The minimum Gasteiger partial charge on any atom is -0.480 e. The SMILES string of the molecule is O=C(O)COCCNC(=O)NC1CCN2CCCC12. The monoisotopic (exact) mass is 271 g/mol. The zero-order valence-electron chi connectivity index (χ0n) is 10.9. The molecule has 3 N–H and O–H groups in total. The van der Waals surface area contributed by atoms with Crippen molar-refractivity contribution in [2.75, 3.05) is 32.8 Å². The van der Waals surface area contributed by atoms with Gasteiger partial charge in [-0.1, -0.05) is 0 Å². The molecule has 0 aromatic carbocycles. The highest BCUT2D eigenvalue weighted by Gasteiger charge is 2.37. The Bertz CT molecular complexity index is 337. The van der Waals surface area contributed by atoms with Crippen LogP contribution in [0.5, 0.6) is 0 Å². The molecule has 7 nitrogen and oxygen atoms in total. The highest BCUT2D eigenvalue weighted by molar-refractivity contribution is 5.74. The summed E-state index contributed by atoms with van der Waals surface area (Å²) in [5, 5.41) is 14.0. The number of amides is 2. The van der Waals surface area contributed by atoms with Crippen LogP contribution in [0.25, 0.3) is 0 Å². The van der Waals surface area contributed by atoms with Crippen molar-refractivity contribution in [3.8, 4) is 0 Å². The predicted molar refractivity (Wildman–Crippen MR) is 68.0 cm³/mol. The third kappa shape index (κ3) is 4.07. The molecule has 2 saturated heterocycles. The Morgan fingerprint density at radius 3 is 2.95 bits per heavy atom. The number of hydrogen-bond donors (Lipinski definition) is 3. The van der Waals surface area contributed by atoms with Gasteiger partial charge in [0.1, 0.15) is 6.61 Å². The van der Waals surface area contributed by atoms with Crippen LogP contribution >= 0.6 is 0 Å². The lowest BCUT2D eigenvalue weighted by Gasteiger charge is -2.21. The molecule has 0 aliphatic carbocycles. The standard InChI is InChI=1S/C12H21N3O4/c16-11(17)8-19-7-4-13-12(18)14-9-3-6-15-5-1-2-10(9)15/h9-10H,1-8H2,(H,16,17)(H2,13,14,18). The van der Waals surface area contributed by atoms with Crippen LogP contribution in [0.4, 0.5) is 4.79 Å². The highest BCUT2D eigenvalue weighted by atomic mass is 16.5. The summed E-state index contributed by atoms with van der Waals surface area (Å²) in [7, 11) is 0. The average Bonchev–Trinajstić information content (AvgIpc) is 2.93. The van der Waals surface area contributed by atoms with E-state index in [1.165, 1.54) is 6.42 Å². The van der Waals surface area contributed by atoms with E-state index < -0.39 is 5.97 Å². The predicted octanol–water partition coefficient (Wildman–Crippen LogP) is -0.376. The molecule has 0 aromatic heterocycles. The lowest BCUT2D eigenvalue weighted by molar-refractivity contribution is -0.142. The van der Waals surface area contributed by atoms with Crippen molar-refractivity contribution >= 4 is 12.0 Å². The molecule has 2 rings (SSSR count). The number of fused-ring (bicyclic) bond motifs is 1. The van der Waals surface area contributed by atoms with Crippen molar-refractivity contribution in [1.29, 1.82) is 0 Å². The first-order valence-corrected chi connectivity index (χ1v) is 6.75. The zero-order valence-corrected chi connectivity index (χ0v) is 10.9. The topological polar surface area (TPSA) is 90.9 Å². The van der Waals surface area contributed by atoms with E-state index in [0.717, 1.165) is 25.9 Å². The second-order valence-electron chi connectivity index (χ2n) is 4.99. The lowest BCUT2D eigenvalue weighted by Crippen LogP contribution is -2.47. The molecule has 0 saturated carbocycles. The molecule has 0 spiro atoms. The van der Waals surface area contributed by atoms with Crippen molar-refractivity contribution in [3.05, 3.63) is 0 Å².